The molecule has 6 bridgehead atoms. The quantitative estimate of drug-likeness (QED) is 0.448. The fraction of sp³-hybridized carbons (Fsp3) is 0.370. The Morgan fingerprint density at radius 1 is 0.971 bits per heavy atom. The smallest absolute Gasteiger partial charge is 0.251 e. The summed E-state index contributed by atoms with van der Waals surface area (Å²) < 4.78 is 6.06. The van der Waals surface area contributed by atoms with Gasteiger partial charge in [-0.2, -0.15) is 0 Å². The van der Waals surface area contributed by atoms with Crippen LogP contribution in [-0.2, 0) is 11.3 Å². The molecule has 8 nitrogen and oxygen atoms in total. The van der Waals surface area contributed by atoms with Crippen LogP contribution in [0.3, 0.4) is 0 Å². The van der Waals surface area contributed by atoms with Crippen LogP contribution in [0, 0.1) is 0 Å². The highest BCUT2D eigenvalue weighted by Gasteiger charge is 2.16. The largest absolute Gasteiger partial charge is 0.398 e. The van der Waals surface area contributed by atoms with Crippen LogP contribution in [0.5, 0.6) is 0 Å². The number of carbonyl (C=O) groups is 1. The van der Waals surface area contributed by atoms with E-state index in [4.69, 9.17) is 10.5 Å². The van der Waals surface area contributed by atoms with E-state index < -0.39 is 0 Å². The zero-order valence-corrected chi connectivity index (χ0v) is 19.9. The lowest BCUT2D eigenvalue weighted by Gasteiger charge is -2.31. The molecule has 0 unspecified atom stereocenters. The second-order valence-corrected chi connectivity index (χ2v) is 9.10. The van der Waals surface area contributed by atoms with Gasteiger partial charge in [0.05, 0.1) is 12.3 Å². The van der Waals surface area contributed by atoms with Gasteiger partial charge in [0, 0.05) is 66.2 Å². The molecule has 0 atom stereocenters. The number of hydrogen-bond acceptors (Lipinski definition) is 7. The maximum atomic E-state index is 12.5. The number of amides is 1. The van der Waals surface area contributed by atoms with Gasteiger partial charge in [-0.1, -0.05) is 0 Å². The van der Waals surface area contributed by atoms with Gasteiger partial charge in [-0.15, -0.1) is 0 Å². The molecule has 1 aromatic heterocycles. The molecule has 3 aliphatic heterocycles. The summed E-state index contributed by atoms with van der Waals surface area (Å²) in [7, 11) is 0. The van der Waals surface area contributed by atoms with E-state index in [1.54, 1.807) is 18.3 Å². The minimum atomic E-state index is -0.130. The number of piperidine rings is 1. The van der Waals surface area contributed by atoms with Crippen LogP contribution in [-0.4, -0.2) is 42.1 Å². The first-order valence-corrected chi connectivity index (χ1v) is 12.4. The molecule has 6 rings (SSSR count). The van der Waals surface area contributed by atoms with Gasteiger partial charge in [-0.25, -0.2) is 9.97 Å². The lowest BCUT2D eigenvalue weighted by atomic mass is 10.1. The number of aromatic nitrogens is 2. The Bertz CT molecular complexity index is 1190. The van der Waals surface area contributed by atoms with Gasteiger partial charge < -0.3 is 26.0 Å². The van der Waals surface area contributed by atoms with Crippen molar-refractivity contribution in [2.75, 3.05) is 42.2 Å². The molecular weight excluding hydrogens is 440 g/mol. The van der Waals surface area contributed by atoms with E-state index in [2.05, 4.69) is 43.7 Å². The lowest BCUT2D eigenvalue weighted by Crippen LogP contribution is -2.30. The van der Waals surface area contributed by atoms with Crippen LogP contribution < -0.4 is 21.3 Å². The van der Waals surface area contributed by atoms with Crippen molar-refractivity contribution in [1.82, 2.24) is 15.3 Å². The summed E-state index contributed by atoms with van der Waals surface area (Å²) in [5.41, 5.74) is 12.1. The number of carbonyl (C=O) groups excluding carboxylic acids is 1. The number of nitrogens with one attached hydrogen (secondary N) is 2. The third kappa shape index (κ3) is 5.54. The second kappa shape index (κ2) is 10.7. The molecule has 35 heavy (non-hydrogen) atoms. The van der Waals surface area contributed by atoms with Crippen molar-refractivity contribution in [2.24, 2.45) is 0 Å². The van der Waals surface area contributed by atoms with Gasteiger partial charge >= 0.3 is 0 Å². The normalized spacial score (nSPS) is 17.0. The standard InChI is InChI=1S/C27H32N6O2/c28-23-17-19-6-8-22(23)24-10-12-30-27(32-24)31-21-7-9-25(33-13-3-1-4-14-33)20(16-21)18-35-15-5-2-11-29-26(19)34/h6-10,12,16-17H,1-5,11,13-15,18,28H2,(H,29,34)(H,30,31,32). The summed E-state index contributed by atoms with van der Waals surface area (Å²) in [6.45, 7) is 3.92. The summed E-state index contributed by atoms with van der Waals surface area (Å²) >= 11 is 0. The monoisotopic (exact) mass is 472 g/mol. The summed E-state index contributed by atoms with van der Waals surface area (Å²) in [6, 6.07) is 13.5. The van der Waals surface area contributed by atoms with Crippen molar-refractivity contribution >= 4 is 28.9 Å². The first-order valence-electron chi connectivity index (χ1n) is 12.4. The molecule has 0 radical (unpaired) electrons. The highest BCUT2D eigenvalue weighted by atomic mass is 16.5. The molecule has 2 aromatic carbocycles. The van der Waals surface area contributed by atoms with Gasteiger partial charge in [0.25, 0.3) is 5.91 Å². The van der Waals surface area contributed by atoms with Crippen LogP contribution in [0.25, 0.3) is 11.3 Å². The number of nitrogens with two attached hydrogens (primary N) is 1. The minimum absolute atomic E-state index is 0.130. The fourth-order valence-corrected chi connectivity index (χ4v) is 4.67. The lowest BCUT2D eigenvalue weighted by molar-refractivity contribution is 0.0946. The van der Waals surface area contributed by atoms with Crippen LogP contribution in [0.2, 0.25) is 0 Å². The van der Waals surface area contributed by atoms with Crippen molar-refractivity contribution < 1.29 is 9.53 Å². The van der Waals surface area contributed by atoms with Crippen LogP contribution in [0.1, 0.15) is 48.0 Å². The first-order chi connectivity index (χ1) is 17.2. The van der Waals surface area contributed by atoms with E-state index in [-0.39, 0.29) is 5.91 Å². The predicted octanol–water partition coefficient (Wildman–Crippen LogP) is 4.50. The predicted molar refractivity (Wildman–Crippen MR) is 139 cm³/mol. The van der Waals surface area contributed by atoms with Crippen LogP contribution in [0.4, 0.5) is 23.0 Å². The molecule has 1 fully saturated rings. The Labute approximate surface area is 205 Å². The highest BCUT2D eigenvalue weighted by Crippen LogP contribution is 2.30. The topological polar surface area (TPSA) is 105 Å². The van der Waals surface area contributed by atoms with Crippen molar-refractivity contribution in [3.8, 4) is 11.3 Å². The van der Waals surface area contributed by atoms with E-state index in [1.807, 2.05) is 12.1 Å². The summed E-state index contributed by atoms with van der Waals surface area (Å²) in [4.78, 5) is 24.1. The molecule has 0 saturated carbocycles. The maximum Gasteiger partial charge on any atom is 0.251 e. The van der Waals surface area contributed by atoms with Gasteiger partial charge in [0.1, 0.15) is 0 Å². The zero-order chi connectivity index (χ0) is 24.0. The maximum absolute atomic E-state index is 12.5. The van der Waals surface area contributed by atoms with Crippen LogP contribution in [0.15, 0.2) is 48.7 Å². The molecular formula is C27H32N6O2. The van der Waals surface area contributed by atoms with E-state index in [9.17, 15) is 4.79 Å². The van der Waals surface area contributed by atoms with Gasteiger partial charge in [0.15, 0.2) is 0 Å². The Hall–Kier alpha value is -3.65. The van der Waals surface area contributed by atoms with E-state index in [0.29, 0.717) is 42.7 Å². The number of rotatable bonds is 1. The van der Waals surface area contributed by atoms with Crippen molar-refractivity contribution in [3.05, 3.63) is 59.8 Å². The highest BCUT2D eigenvalue weighted by molar-refractivity contribution is 5.96. The number of nitrogen functional groups attached to an aromatic ring is 1. The molecule has 0 aliphatic carbocycles. The second-order valence-electron chi connectivity index (χ2n) is 9.10. The van der Waals surface area contributed by atoms with Crippen molar-refractivity contribution in [2.45, 2.75) is 38.7 Å². The SMILES string of the molecule is Nc1cc2ccc1-c1ccnc(n1)Nc1ccc(N3CCCCC3)c(c1)COCCCCNC2=O. The minimum Gasteiger partial charge on any atom is -0.398 e. The number of ether oxygens (including phenoxy) is 1. The third-order valence-electron chi connectivity index (χ3n) is 6.54. The number of fused-ring (bicyclic) bond motifs is 9. The molecule has 4 N–H and O–H groups in total. The van der Waals surface area contributed by atoms with Crippen molar-refractivity contribution in [1.29, 1.82) is 0 Å². The molecule has 1 amide bonds. The molecule has 1 saturated heterocycles. The van der Waals surface area contributed by atoms with Crippen molar-refractivity contribution in [3.63, 3.8) is 0 Å². The summed E-state index contributed by atoms with van der Waals surface area (Å²) in [5, 5.41) is 6.32. The Kier molecular flexibility index (Phi) is 7.09. The van der Waals surface area contributed by atoms with Gasteiger partial charge in [0.2, 0.25) is 5.95 Å². The zero-order valence-electron chi connectivity index (χ0n) is 19.9. The number of hydrogen-bond donors (Lipinski definition) is 3. The van der Waals surface area contributed by atoms with E-state index >= 15 is 0 Å². The Morgan fingerprint density at radius 3 is 2.71 bits per heavy atom. The molecule has 3 aromatic rings. The Balaban J connectivity index is 1.47. The molecule has 182 valence electrons. The summed E-state index contributed by atoms with van der Waals surface area (Å²) in [5.74, 6) is 0.355. The number of nitrogens with zero attached hydrogens (tertiary/aromatic N) is 3. The number of anilines is 4. The number of benzene rings is 2. The average molecular weight is 473 g/mol. The molecule has 0 spiro atoms. The van der Waals surface area contributed by atoms with Gasteiger partial charge in [-0.3, -0.25) is 4.79 Å². The fourth-order valence-electron chi connectivity index (χ4n) is 4.67. The third-order valence-corrected chi connectivity index (χ3v) is 6.54. The van der Waals surface area contributed by atoms with E-state index in [1.165, 1.54) is 24.9 Å². The van der Waals surface area contributed by atoms with E-state index in [0.717, 1.165) is 42.7 Å². The first kappa shape index (κ1) is 23.1. The molecule has 8 heteroatoms. The average Bonchev–Trinajstić information content (AvgIpc) is 2.88. The Morgan fingerprint density at radius 2 is 1.86 bits per heavy atom. The molecule has 3 aliphatic rings. The van der Waals surface area contributed by atoms with Crippen LogP contribution >= 0.6 is 0 Å². The summed E-state index contributed by atoms with van der Waals surface area (Å²) in [6.07, 6.45) is 7.16. The van der Waals surface area contributed by atoms with Gasteiger partial charge in [-0.05, 0) is 74.6 Å². The molecule has 4 heterocycles.